The molecule has 1 amide bonds. The van der Waals surface area contributed by atoms with Gasteiger partial charge in [-0.05, 0) is 12.8 Å². The van der Waals surface area contributed by atoms with Crippen molar-refractivity contribution in [1.29, 1.82) is 0 Å². The van der Waals surface area contributed by atoms with Gasteiger partial charge >= 0.3 is 0 Å². The summed E-state index contributed by atoms with van der Waals surface area (Å²) in [5.41, 5.74) is 5.44. The van der Waals surface area contributed by atoms with Gasteiger partial charge < -0.3 is 10.6 Å². The molecule has 0 radical (unpaired) electrons. The molecule has 0 aromatic carbocycles. The Morgan fingerprint density at radius 2 is 1.77 bits per heavy atom. The van der Waals surface area contributed by atoms with E-state index in [1.165, 1.54) is 0 Å². The zero-order valence-corrected chi connectivity index (χ0v) is 9.37. The van der Waals surface area contributed by atoms with Gasteiger partial charge in [-0.2, -0.15) is 0 Å². The summed E-state index contributed by atoms with van der Waals surface area (Å²) in [5.74, 6) is 0.564. The Bertz CT molecular complexity index is 168. The Morgan fingerprint density at radius 3 is 2.08 bits per heavy atom. The first-order chi connectivity index (χ1) is 5.91. The maximum absolute atomic E-state index is 11.7. The van der Waals surface area contributed by atoms with Crippen LogP contribution < -0.4 is 5.73 Å². The minimum absolute atomic E-state index is 0.0637. The SMILES string of the molecule is CC(CN)C(=O)N(C)C(C)C(C)C. The van der Waals surface area contributed by atoms with Crippen LogP contribution in [0.1, 0.15) is 27.7 Å². The fraction of sp³-hybridized carbons (Fsp3) is 0.900. The molecule has 0 aliphatic heterocycles. The molecule has 2 unspecified atom stereocenters. The fourth-order valence-electron chi connectivity index (χ4n) is 1.10. The first kappa shape index (κ1) is 12.4. The molecule has 0 rings (SSSR count). The molecule has 0 aromatic rings. The number of rotatable bonds is 4. The van der Waals surface area contributed by atoms with Gasteiger partial charge in [0.15, 0.2) is 0 Å². The lowest BCUT2D eigenvalue weighted by molar-refractivity contribution is -0.135. The van der Waals surface area contributed by atoms with Crippen LogP contribution in [0.15, 0.2) is 0 Å². The van der Waals surface area contributed by atoms with Crippen molar-refractivity contribution in [3.8, 4) is 0 Å². The van der Waals surface area contributed by atoms with Gasteiger partial charge in [-0.15, -0.1) is 0 Å². The number of hydrogen-bond acceptors (Lipinski definition) is 2. The van der Waals surface area contributed by atoms with Crippen LogP contribution in [0.2, 0.25) is 0 Å². The summed E-state index contributed by atoms with van der Waals surface area (Å²) < 4.78 is 0. The van der Waals surface area contributed by atoms with Gasteiger partial charge in [0, 0.05) is 25.6 Å². The standard InChI is InChI=1S/C10H22N2O/c1-7(2)9(4)12(5)10(13)8(3)6-11/h7-9H,6,11H2,1-5H3. The number of carbonyl (C=O) groups excluding carboxylic acids is 1. The van der Waals surface area contributed by atoms with E-state index < -0.39 is 0 Å². The Hall–Kier alpha value is -0.570. The average Bonchev–Trinajstić information content (AvgIpc) is 2.12. The molecule has 2 atom stereocenters. The third-order valence-corrected chi connectivity index (χ3v) is 2.70. The predicted molar refractivity (Wildman–Crippen MR) is 55.3 cm³/mol. The highest BCUT2D eigenvalue weighted by Gasteiger charge is 2.21. The number of hydrogen-bond donors (Lipinski definition) is 1. The highest BCUT2D eigenvalue weighted by molar-refractivity contribution is 5.78. The molecule has 0 aromatic heterocycles. The van der Waals surface area contributed by atoms with E-state index in [0.29, 0.717) is 12.5 Å². The van der Waals surface area contributed by atoms with E-state index in [9.17, 15) is 4.79 Å². The summed E-state index contributed by atoms with van der Waals surface area (Å²) in [6.45, 7) is 8.58. The molecule has 0 aliphatic rings. The van der Waals surface area contributed by atoms with Gasteiger partial charge in [0.2, 0.25) is 5.91 Å². The molecule has 0 fully saturated rings. The summed E-state index contributed by atoms with van der Waals surface area (Å²) in [4.78, 5) is 13.5. The number of carbonyl (C=O) groups is 1. The number of nitrogens with zero attached hydrogens (tertiary/aromatic N) is 1. The van der Waals surface area contributed by atoms with E-state index in [4.69, 9.17) is 5.73 Å². The molecule has 0 aliphatic carbocycles. The third kappa shape index (κ3) is 3.35. The molecule has 0 bridgehead atoms. The Morgan fingerprint density at radius 1 is 1.31 bits per heavy atom. The summed E-state index contributed by atoms with van der Waals surface area (Å²) in [6.07, 6.45) is 0. The molecule has 78 valence electrons. The zero-order chi connectivity index (χ0) is 10.6. The molecular weight excluding hydrogens is 164 g/mol. The Balaban J connectivity index is 4.25. The van der Waals surface area contributed by atoms with Crippen molar-refractivity contribution >= 4 is 5.91 Å². The van der Waals surface area contributed by atoms with Crippen LogP contribution in [-0.2, 0) is 4.79 Å². The second kappa shape index (κ2) is 5.22. The van der Waals surface area contributed by atoms with Crippen LogP contribution in [0.5, 0.6) is 0 Å². The molecular formula is C10H22N2O. The fourth-order valence-corrected chi connectivity index (χ4v) is 1.10. The lowest BCUT2D eigenvalue weighted by atomic mass is 10.0. The molecule has 3 heteroatoms. The van der Waals surface area contributed by atoms with E-state index in [0.717, 1.165) is 0 Å². The lowest BCUT2D eigenvalue weighted by Crippen LogP contribution is -2.42. The highest BCUT2D eigenvalue weighted by Crippen LogP contribution is 2.10. The molecule has 2 N–H and O–H groups in total. The second-order valence-electron chi connectivity index (χ2n) is 4.07. The van der Waals surface area contributed by atoms with Gasteiger partial charge in [-0.3, -0.25) is 4.79 Å². The monoisotopic (exact) mass is 186 g/mol. The van der Waals surface area contributed by atoms with Crippen molar-refractivity contribution in [2.75, 3.05) is 13.6 Å². The van der Waals surface area contributed by atoms with Crippen LogP contribution in [0.4, 0.5) is 0 Å². The number of nitrogens with two attached hydrogens (primary N) is 1. The van der Waals surface area contributed by atoms with Gasteiger partial charge in [-0.25, -0.2) is 0 Å². The molecule has 0 saturated heterocycles. The minimum Gasteiger partial charge on any atom is -0.343 e. The van der Waals surface area contributed by atoms with Crippen LogP contribution >= 0.6 is 0 Å². The van der Waals surface area contributed by atoms with E-state index >= 15 is 0 Å². The predicted octanol–water partition coefficient (Wildman–Crippen LogP) is 1.08. The van der Waals surface area contributed by atoms with Gasteiger partial charge in [0.1, 0.15) is 0 Å². The van der Waals surface area contributed by atoms with Gasteiger partial charge in [0.05, 0.1) is 0 Å². The van der Waals surface area contributed by atoms with E-state index in [1.54, 1.807) is 4.90 Å². The molecule has 13 heavy (non-hydrogen) atoms. The zero-order valence-electron chi connectivity index (χ0n) is 9.37. The van der Waals surface area contributed by atoms with E-state index in [-0.39, 0.29) is 17.9 Å². The van der Waals surface area contributed by atoms with Crippen molar-refractivity contribution in [2.45, 2.75) is 33.7 Å². The summed E-state index contributed by atoms with van der Waals surface area (Å²) in [6, 6.07) is 0.279. The second-order valence-corrected chi connectivity index (χ2v) is 4.07. The minimum atomic E-state index is -0.0637. The van der Waals surface area contributed by atoms with E-state index in [2.05, 4.69) is 20.8 Å². The quantitative estimate of drug-likeness (QED) is 0.714. The summed E-state index contributed by atoms with van der Waals surface area (Å²) in [5, 5.41) is 0. The van der Waals surface area contributed by atoms with Crippen LogP contribution in [0.3, 0.4) is 0 Å². The van der Waals surface area contributed by atoms with Gasteiger partial charge in [0.25, 0.3) is 0 Å². The van der Waals surface area contributed by atoms with E-state index in [1.807, 2.05) is 14.0 Å². The topological polar surface area (TPSA) is 46.3 Å². The lowest BCUT2D eigenvalue weighted by Gasteiger charge is -2.29. The van der Waals surface area contributed by atoms with Crippen molar-refractivity contribution in [2.24, 2.45) is 17.6 Å². The number of amides is 1. The Kier molecular flexibility index (Phi) is 4.99. The normalized spacial score (nSPS) is 15.6. The Labute approximate surface area is 81.3 Å². The summed E-state index contributed by atoms with van der Waals surface area (Å²) >= 11 is 0. The maximum atomic E-state index is 11.7. The summed E-state index contributed by atoms with van der Waals surface area (Å²) in [7, 11) is 1.85. The largest absolute Gasteiger partial charge is 0.343 e. The molecule has 3 nitrogen and oxygen atoms in total. The first-order valence-electron chi connectivity index (χ1n) is 4.88. The maximum Gasteiger partial charge on any atom is 0.226 e. The van der Waals surface area contributed by atoms with Crippen LogP contribution in [-0.4, -0.2) is 30.4 Å². The van der Waals surface area contributed by atoms with Crippen molar-refractivity contribution < 1.29 is 4.79 Å². The smallest absolute Gasteiger partial charge is 0.226 e. The van der Waals surface area contributed by atoms with Crippen molar-refractivity contribution in [3.05, 3.63) is 0 Å². The highest BCUT2D eigenvalue weighted by atomic mass is 16.2. The van der Waals surface area contributed by atoms with Crippen LogP contribution in [0, 0.1) is 11.8 Å². The molecule has 0 spiro atoms. The molecule has 0 saturated carbocycles. The van der Waals surface area contributed by atoms with Crippen molar-refractivity contribution in [1.82, 2.24) is 4.90 Å². The van der Waals surface area contributed by atoms with Crippen molar-refractivity contribution in [3.63, 3.8) is 0 Å². The van der Waals surface area contributed by atoms with Gasteiger partial charge in [-0.1, -0.05) is 20.8 Å². The first-order valence-corrected chi connectivity index (χ1v) is 4.88. The molecule has 0 heterocycles. The van der Waals surface area contributed by atoms with Crippen LogP contribution in [0.25, 0.3) is 0 Å². The third-order valence-electron chi connectivity index (χ3n) is 2.70. The average molecular weight is 186 g/mol.